The summed E-state index contributed by atoms with van der Waals surface area (Å²) >= 11 is 0.980. The van der Waals surface area contributed by atoms with Crippen molar-refractivity contribution in [2.45, 2.75) is 46.8 Å². The van der Waals surface area contributed by atoms with Crippen LogP contribution in [0.4, 0.5) is 5.00 Å². The van der Waals surface area contributed by atoms with Crippen molar-refractivity contribution in [2.75, 3.05) is 12.4 Å². The Hall–Kier alpha value is -2.87. The minimum atomic E-state index is -0.618. The summed E-state index contributed by atoms with van der Waals surface area (Å²) in [4.78, 5) is 38.1. The number of carbonyl (C=O) groups excluding carboxylic acids is 3. The zero-order valence-electron chi connectivity index (χ0n) is 17.3. The number of hydrogen-bond acceptors (Lipinski definition) is 7. The molecule has 8 heteroatoms. The van der Waals surface area contributed by atoms with Crippen LogP contribution in [0.2, 0.25) is 0 Å². The van der Waals surface area contributed by atoms with E-state index in [1.54, 1.807) is 58.9 Å². The second-order valence-electron chi connectivity index (χ2n) is 6.82. The van der Waals surface area contributed by atoms with Crippen LogP contribution < -0.4 is 10.1 Å². The highest BCUT2D eigenvalue weighted by Gasteiger charge is 2.29. The van der Waals surface area contributed by atoms with Gasteiger partial charge in [0.2, 0.25) is 0 Å². The highest BCUT2D eigenvalue weighted by molar-refractivity contribution is 7.18. The summed E-state index contributed by atoms with van der Waals surface area (Å²) in [5.41, 5.74) is 0.847. The van der Waals surface area contributed by atoms with Crippen LogP contribution in [0.15, 0.2) is 24.3 Å². The van der Waals surface area contributed by atoms with Gasteiger partial charge in [-0.15, -0.1) is 11.3 Å². The number of ether oxygens (including phenoxy) is 3. The molecule has 1 heterocycles. The molecule has 0 aliphatic heterocycles. The summed E-state index contributed by atoms with van der Waals surface area (Å²) in [6, 6.07) is 6.72. The Morgan fingerprint density at radius 2 is 1.55 bits per heavy atom. The van der Waals surface area contributed by atoms with Gasteiger partial charge in [0.15, 0.2) is 0 Å². The first-order valence-electron chi connectivity index (χ1n) is 9.15. The molecule has 2 aromatic rings. The van der Waals surface area contributed by atoms with Crippen molar-refractivity contribution >= 4 is 34.2 Å². The fourth-order valence-corrected chi connectivity index (χ4v) is 3.66. The van der Waals surface area contributed by atoms with E-state index in [-0.39, 0.29) is 27.6 Å². The van der Waals surface area contributed by atoms with Crippen LogP contribution in [0.5, 0.6) is 5.75 Å². The lowest BCUT2D eigenvalue weighted by atomic mass is 10.1. The molecule has 0 bridgehead atoms. The molecule has 29 heavy (non-hydrogen) atoms. The number of carbonyl (C=O) groups is 3. The summed E-state index contributed by atoms with van der Waals surface area (Å²) in [6.07, 6.45) is -0.674. The molecule has 1 aromatic carbocycles. The average Bonchev–Trinajstić information content (AvgIpc) is 2.96. The van der Waals surface area contributed by atoms with Crippen LogP contribution in [-0.4, -0.2) is 37.2 Å². The highest BCUT2D eigenvalue weighted by Crippen LogP contribution is 2.35. The number of methoxy groups -OCH3 is 1. The molecule has 156 valence electrons. The number of benzene rings is 1. The van der Waals surface area contributed by atoms with Crippen LogP contribution in [0.3, 0.4) is 0 Å². The maximum atomic E-state index is 12.8. The third-order valence-corrected chi connectivity index (χ3v) is 4.99. The number of hydrogen-bond donors (Lipinski definition) is 1. The molecular weight excluding hydrogens is 394 g/mol. The molecule has 1 aromatic heterocycles. The number of para-hydroxylation sites is 1. The molecule has 0 spiro atoms. The molecule has 0 fully saturated rings. The number of thiophene rings is 1. The summed E-state index contributed by atoms with van der Waals surface area (Å²) in [5, 5.41) is 2.94. The first-order chi connectivity index (χ1) is 13.6. The van der Waals surface area contributed by atoms with Gasteiger partial charge in [-0.2, -0.15) is 0 Å². The number of esters is 2. The summed E-state index contributed by atoms with van der Waals surface area (Å²) < 4.78 is 15.8. The average molecular weight is 419 g/mol. The van der Waals surface area contributed by atoms with E-state index in [1.807, 2.05) is 0 Å². The maximum absolute atomic E-state index is 12.8. The fourth-order valence-electron chi connectivity index (χ4n) is 2.59. The van der Waals surface area contributed by atoms with Gasteiger partial charge < -0.3 is 19.5 Å². The molecule has 7 nitrogen and oxygen atoms in total. The van der Waals surface area contributed by atoms with E-state index in [1.165, 1.54) is 7.11 Å². The number of amides is 1. The molecule has 0 atom stereocenters. The van der Waals surface area contributed by atoms with Gasteiger partial charge in [-0.05, 0) is 52.3 Å². The van der Waals surface area contributed by atoms with Crippen LogP contribution in [0.1, 0.15) is 63.6 Å². The number of rotatable bonds is 7. The second-order valence-corrected chi connectivity index (χ2v) is 7.84. The zero-order chi connectivity index (χ0) is 21.7. The molecule has 0 saturated heterocycles. The van der Waals surface area contributed by atoms with E-state index in [0.717, 1.165) is 11.3 Å². The van der Waals surface area contributed by atoms with Crippen LogP contribution in [0, 0.1) is 6.92 Å². The molecule has 0 aliphatic rings. The van der Waals surface area contributed by atoms with Crippen molar-refractivity contribution in [1.82, 2.24) is 0 Å². The molecule has 0 aliphatic carbocycles. The van der Waals surface area contributed by atoms with Crippen molar-refractivity contribution < 1.29 is 28.6 Å². The van der Waals surface area contributed by atoms with Gasteiger partial charge in [-0.1, -0.05) is 12.1 Å². The molecule has 0 saturated carbocycles. The zero-order valence-corrected chi connectivity index (χ0v) is 18.1. The van der Waals surface area contributed by atoms with Crippen LogP contribution >= 0.6 is 11.3 Å². The summed E-state index contributed by atoms with van der Waals surface area (Å²) in [6.45, 7) is 8.54. The van der Waals surface area contributed by atoms with E-state index in [2.05, 4.69) is 5.32 Å². The third-order valence-electron chi connectivity index (χ3n) is 3.80. The Balaban J connectivity index is 2.46. The van der Waals surface area contributed by atoms with Crippen molar-refractivity contribution in [3.05, 3.63) is 45.8 Å². The van der Waals surface area contributed by atoms with Gasteiger partial charge in [0.1, 0.15) is 15.6 Å². The van der Waals surface area contributed by atoms with E-state index in [0.29, 0.717) is 16.9 Å². The lowest BCUT2D eigenvalue weighted by molar-refractivity contribution is 0.0378. The Kier molecular flexibility index (Phi) is 7.39. The maximum Gasteiger partial charge on any atom is 0.348 e. The first-order valence-corrected chi connectivity index (χ1v) is 9.97. The van der Waals surface area contributed by atoms with Gasteiger partial charge in [0.05, 0.1) is 30.4 Å². The van der Waals surface area contributed by atoms with E-state index in [4.69, 9.17) is 14.2 Å². The first kappa shape index (κ1) is 22.4. The van der Waals surface area contributed by atoms with Crippen molar-refractivity contribution in [1.29, 1.82) is 0 Å². The Labute approximate surface area is 174 Å². The van der Waals surface area contributed by atoms with Gasteiger partial charge >= 0.3 is 11.9 Å². The smallest absolute Gasteiger partial charge is 0.348 e. The monoisotopic (exact) mass is 419 g/mol. The molecular formula is C21H25NO6S. The predicted octanol–water partition coefficient (Wildman–Crippen LogP) is 4.45. The van der Waals surface area contributed by atoms with Crippen molar-refractivity contribution in [3.63, 3.8) is 0 Å². The van der Waals surface area contributed by atoms with E-state index in [9.17, 15) is 14.4 Å². The second kappa shape index (κ2) is 9.56. The van der Waals surface area contributed by atoms with Crippen LogP contribution in [-0.2, 0) is 9.47 Å². The third kappa shape index (κ3) is 5.35. The molecule has 2 rings (SSSR count). The number of anilines is 1. The molecule has 1 N–H and O–H groups in total. The lowest BCUT2D eigenvalue weighted by Crippen LogP contribution is -2.17. The Morgan fingerprint density at radius 1 is 0.966 bits per heavy atom. The topological polar surface area (TPSA) is 90.9 Å². The summed E-state index contributed by atoms with van der Waals surface area (Å²) in [7, 11) is 1.47. The van der Waals surface area contributed by atoms with Gasteiger partial charge in [0.25, 0.3) is 5.91 Å². The van der Waals surface area contributed by atoms with Gasteiger partial charge in [0, 0.05) is 0 Å². The fraction of sp³-hybridized carbons (Fsp3) is 0.381. The van der Waals surface area contributed by atoms with Gasteiger partial charge in [-0.25, -0.2) is 9.59 Å². The predicted molar refractivity (Wildman–Crippen MR) is 111 cm³/mol. The summed E-state index contributed by atoms with van der Waals surface area (Å²) in [5.74, 6) is -1.25. The van der Waals surface area contributed by atoms with Gasteiger partial charge in [-0.3, -0.25) is 4.79 Å². The Morgan fingerprint density at radius 3 is 2.14 bits per heavy atom. The SMILES string of the molecule is COc1ccccc1C(=O)Nc1sc(C(=O)OC(C)C)c(C)c1C(=O)OC(C)C. The van der Waals surface area contributed by atoms with Crippen LogP contribution in [0.25, 0.3) is 0 Å². The van der Waals surface area contributed by atoms with Crippen molar-refractivity contribution in [2.24, 2.45) is 0 Å². The van der Waals surface area contributed by atoms with E-state index < -0.39 is 17.8 Å². The minimum Gasteiger partial charge on any atom is -0.496 e. The highest BCUT2D eigenvalue weighted by atomic mass is 32.1. The lowest BCUT2D eigenvalue weighted by Gasteiger charge is -2.11. The normalized spacial score (nSPS) is 10.8. The molecule has 0 unspecified atom stereocenters. The minimum absolute atomic E-state index is 0.141. The largest absolute Gasteiger partial charge is 0.496 e. The molecule has 1 amide bonds. The van der Waals surface area contributed by atoms with Crippen molar-refractivity contribution in [3.8, 4) is 5.75 Å². The quantitative estimate of drug-likeness (QED) is 0.667. The standard InChI is InChI=1S/C21H25NO6S/c1-11(2)27-20(24)16-13(5)17(21(25)28-12(3)4)29-19(16)22-18(23)14-9-7-8-10-15(14)26-6/h7-12H,1-6H3,(H,22,23). The molecule has 0 radical (unpaired) electrons. The Bertz CT molecular complexity index is 916. The van der Waals surface area contributed by atoms with E-state index >= 15 is 0 Å². The number of nitrogens with one attached hydrogen (secondary N) is 1.